The Morgan fingerprint density at radius 2 is 1.08 bits per heavy atom. The van der Waals surface area contributed by atoms with E-state index in [9.17, 15) is 34.6 Å². The fourth-order valence-electron chi connectivity index (χ4n) is 3.28. The number of esters is 1. The van der Waals surface area contributed by atoms with Gasteiger partial charge in [0.2, 0.25) is 0 Å². The van der Waals surface area contributed by atoms with Gasteiger partial charge in [0.15, 0.2) is 5.25 Å². The fourth-order valence-corrected chi connectivity index (χ4v) is 6.07. The molecule has 0 aromatic heterocycles. The van der Waals surface area contributed by atoms with Crippen molar-refractivity contribution in [2.45, 2.75) is 101 Å². The number of hydrogen-bond donors (Lipinski definition) is 3. The quantitative estimate of drug-likeness (QED) is 0.0516. The van der Waals surface area contributed by atoms with Gasteiger partial charge in [0.25, 0.3) is 30.4 Å². The molecule has 0 saturated heterocycles. The topological polar surface area (TPSA) is 189 Å². The van der Waals surface area contributed by atoms with Gasteiger partial charge in [-0.3, -0.25) is 18.5 Å². The van der Waals surface area contributed by atoms with Crippen molar-refractivity contribution in [1.82, 2.24) is 0 Å². The third-order valence-electron chi connectivity index (χ3n) is 5.17. The van der Waals surface area contributed by atoms with E-state index in [0.717, 1.165) is 25.7 Å². The van der Waals surface area contributed by atoms with Crippen LogP contribution in [0.15, 0.2) is 0 Å². The van der Waals surface area contributed by atoms with Gasteiger partial charge < -0.3 is 9.02 Å². The summed E-state index contributed by atoms with van der Waals surface area (Å²) in [6.07, 6.45) is 12.0. The standard InChI is InChI=1S/C19H38O11S3.3Na.3H/c1-2-3-4-5-6-7-8-9-10-11-12-13-14-18(33(27,28)29)19(20)30-15-17(32(24,25)26)16-31(21,22)23;;;;;;/h17-18H,2-16H2,1H3,(H,21,22,23)(H,24,25,26)(H,27,28,29);;;;;;/q;3*+1;3*-1. The first-order chi connectivity index (χ1) is 15.2. The van der Waals surface area contributed by atoms with E-state index in [1.165, 1.54) is 38.5 Å². The summed E-state index contributed by atoms with van der Waals surface area (Å²) >= 11 is 0. The van der Waals surface area contributed by atoms with Crippen LogP contribution in [0.5, 0.6) is 0 Å². The molecule has 0 spiro atoms. The zero-order valence-corrected chi connectivity index (χ0v) is 30.5. The molecule has 0 bridgehead atoms. The largest absolute Gasteiger partial charge is 1.00 e. The molecule has 0 fully saturated rings. The summed E-state index contributed by atoms with van der Waals surface area (Å²) in [6, 6.07) is 0. The van der Waals surface area contributed by atoms with Gasteiger partial charge in [0, 0.05) is 0 Å². The summed E-state index contributed by atoms with van der Waals surface area (Å²) in [5, 5.41) is -4.17. The van der Waals surface area contributed by atoms with Crippen LogP contribution in [0.3, 0.4) is 0 Å². The van der Waals surface area contributed by atoms with Crippen molar-refractivity contribution in [2.75, 3.05) is 12.4 Å². The molecule has 17 heteroatoms. The van der Waals surface area contributed by atoms with Crippen molar-refractivity contribution in [3.63, 3.8) is 0 Å². The van der Waals surface area contributed by atoms with Crippen molar-refractivity contribution in [3.05, 3.63) is 0 Å². The van der Waals surface area contributed by atoms with E-state index in [2.05, 4.69) is 11.7 Å². The zero-order valence-electron chi connectivity index (χ0n) is 25.1. The molecule has 36 heavy (non-hydrogen) atoms. The number of rotatable bonds is 20. The maximum absolute atomic E-state index is 12.1. The molecular formula is C19H41Na3O11S3. The Hall–Kier alpha value is 2.20. The monoisotopic (exact) mass is 610 g/mol. The minimum absolute atomic E-state index is 0. The van der Waals surface area contributed by atoms with Crippen molar-refractivity contribution in [1.29, 1.82) is 0 Å². The van der Waals surface area contributed by atoms with E-state index in [1.54, 1.807) is 0 Å². The third kappa shape index (κ3) is 25.2. The Balaban J connectivity index is -0.000000341. The summed E-state index contributed by atoms with van der Waals surface area (Å²) in [7, 11) is -14.7. The number of ether oxygens (including phenoxy) is 1. The molecule has 0 aromatic carbocycles. The molecule has 0 aromatic rings. The van der Waals surface area contributed by atoms with Crippen molar-refractivity contribution in [3.8, 4) is 0 Å². The molecule has 0 saturated carbocycles. The maximum Gasteiger partial charge on any atom is 1.00 e. The molecule has 0 radical (unpaired) electrons. The van der Waals surface area contributed by atoms with Gasteiger partial charge in [-0.1, -0.05) is 84.0 Å². The Bertz CT molecular complexity index is 895. The molecule has 0 heterocycles. The Morgan fingerprint density at radius 3 is 1.42 bits per heavy atom. The molecule has 2 atom stereocenters. The second-order valence-electron chi connectivity index (χ2n) is 8.20. The number of unbranched alkanes of at least 4 members (excludes halogenated alkanes) is 11. The molecule has 0 rings (SSSR count). The summed E-state index contributed by atoms with van der Waals surface area (Å²) in [6.45, 7) is 0.968. The minimum atomic E-state index is -5.02. The smallest absolute Gasteiger partial charge is 1.00 e. The molecule has 0 amide bonds. The Morgan fingerprint density at radius 1 is 0.694 bits per heavy atom. The summed E-state index contributed by atoms with van der Waals surface area (Å²) < 4.78 is 98.8. The van der Waals surface area contributed by atoms with Crippen molar-refractivity contribution < 1.29 is 141 Å². The molecule has 204 valence electrons. The maximum atomic E-state index is 12.1. The molecule has 0 aliphatic carbocycles. The average Bonchev–Trinajstić information content (AvgIpc) is 2.66. The van der Waals surface area contributed by atoms with Crippen LogP contribution in [-0.2, 0) is 39.9 Å². The summed E-state index contributed by atoms with van der Waals surface area (Å²) in [5.41, 5.74) is 0. The second kappa shape index (κ2) is 23.9. The first-order valence-corrected chi connectivity index (χ1v) is 15.8. The fraction of sp³-hybridized carbons (Fsp3) is 0.947. The molecule has 0 aliphatic heterocycles. The SMILES string of the molecule is CCCCCCCCCCCCCCC(C(=O)OCC(CS(=O)(=O)O)S(=O)(=O)O)S(=O)(=O)O.[H-].[H-].[H-].[Na+].[Na+].[Na+]. The third-order valence-corrected chi connectivity index (χ3v) is 8.50. The van der Waals surface area contributed by atoms with E-state index in [0.29, 0.717) is 12.8 Å². The van der Waals surface area contributed by atoms with E-state index in [4.69, 9.17) is 9.11 Å². The normalized spacial score (nSPS) is 13.4. The predicted molar refractivity (Wildman–Crippen MR) is 127 cm³/mol. The van der Waals surface area contributed by atoms with Crippen LogP contribution in [0.1, 0.15) is 94.7 Å². The van der Waals surface area contributed by atoms with Gasteiger partial charge in [-0.2, -0.15) is 25.3 Å². The molecule has 3 N–H and O–H groups in total. The summed E-state index contributed by atoms with van der Waals surface area (Å²) in [4.78, 5) is 12.1. The van der Waals surface area contributed by atoms with Crippen molar-refractivity contribution in [2.24, 2.45) is 0 Å². The molecular weight excluding hydrogens is 569 g/mol. The van der Waals surface area contributed by atoms with Crippen molar-refractivity contribution >= 4 is 36.3 Å². The van der Waals surface area contributed by atoms with E-state index in [-0.39, 0.29) is 99.4 Å². The van der Waals surface area contributed by atoms with Crippen LogP contribution in [0, 0.1) is 0 Å². The zero-order chi connectivity index (χ0) is 25.5. The van der Waals surface area contributed by atoms with Crippen LogP contribution in [0.25, 0.3) is 0 Å². The minimum Gasteiger partial charge on any atom is -1.00 e. The first kappa shape index (κ1) is 45.2. The van der Waals surface area contributed by atoms with Crippen LogP contribution >= 0.6 is 0 Å². The van der Waals surface area contributed by atoms with Gasteiger partial charge in [-0.15, -0.1) is 0 Å². The van der Waals surface area contributed by atoms with Crippen LogP contribution in [0.2, 0.25) is 0 Å². The van der Waals surface area contributed by atoms with E-state index >= 15 is 0 Å². The van der Waals surface area contributed by atoms with E-state index in [1.807, 2.05) is 0 Å². The van der Waals surface area contributed by atoms with Crippen LogP contribution < -0.4 is 88.7 Å². The number of hydrogen-bond acceptors (Lipinski definition) is 8. The molecule has 11 nitrogen and oxygen atoms in total. The number of carbonyl (C=O) groups is 1. The van der Waals surface area contributed by atoms with Gasteiger partial charge in [0.05, 0.1) is 5.75 Å². The van der Waals surface area contributed by atoms with Crippen LogP contribution in [-0.4, -0.2) is 67.7 Å². The number of carbonyl (C=O) groups excluding carboxylic acids is 1. The van der Waals surface area contributed by atoms with E-state index < -0.39 is 59.2 Å². The Labute approximate surface area is 287 Å². The van der Waals surface area contributed by atoms with Crippen LogP contribution in [0.4, 0.5) is 0 Å². The van der Waals surface area contributed by atoms with Gasteiger partial charge >= 0.3 is 94.6 Å². The van der Waals surface area contributed by atoms with Gasteiger partial charge in [0.1, 0.15) is 11.9 Å². The first-order valence-electron chi connectivity index (χ1n) is 11.2. The van der Waals surface area contributed by atoms with Gasteiger partial charge in [-0.05, 0) is 6.42 Å². The molecule has 2 unspecified atom stereocenters. The average molecular weight is 611 g/mol. The molecule has 0 aliphatic rings. The summed E-state index contributed by atoms with van der Waals surface area (Å²) in [5.74, 6) is -2.92. The second-order valence-corrected chi connectivity index (χ2v) is 13.0. The predicted octanol–water partition coefficient (Wildman–Crippen LogP) is -5.63. The van der Waals surface area contributed by atoms with Gasteiger partial charge in [-0.25, -0.2) is 0 Å². The Kier molecular flexibility index (Phi) is 30.0.